The van der Waals surface area contributed by atoms with Crippen molar-refractivity contribution in [2.75, 3.05) is 10.0 Å². The van der Waals surface area contributed by atoms with Gasteiger partial charge >= 0.3 is 6.18 Å². The smallest absolute Gasteiger partial charge is 0.262 e. The van der Waals surface area contributed by atoms with Crippen LogP contribution in [0.25, 0.3) is 5.57 Å². The van der Waals surface area contributed by atoms with E-state index in [4.69, 9.17) is 46.4 Å². The Morgan fingerprint density at radius 2 is 1.42 bits per heavy atom. The van der Waals surface area contributed by atoms with Crippen LogP contribution in [0.15, 0.2) is 72.4 Å². The molecule has 3 aromatic carbocycles. The van der Waals surface area contributed by atoms with Gasteiger partial charge in [0.25, 0.3) is 0 Å². The van der Waals surface area contributed by atoms with Crippen LogP contribution in [0.5, 0.6) is 0 Å². The summed E-state index contributed by atoms with van der Waals surface area (Å²) in [6.07, 6.45) is -4.81. The molecule has 0 aromatic heterocycles. The van der Waals surface area contributed by atoms with Gasteiger partial charge in [-0.05, 0) is 42.5 Å². The van der Waals surface area contributed by atoms with E-state index in [0.717, 1.165) is 5.01 Å². The number of benzene rings is 3. The number of rotatable bonds is 3. The average Bonchev–Trinajstić information content (AvgIpc) is 3.09. The van der Waals surface area contributed by atoms with Gasteiger partial charge < -0.3 is 0 Å². The zero-order valence-electron chi connectivity index (χ0n) is 16.4. The Bertz CT molecular complexity index is 1290. The number of anilines is 2. The van der Waals surface area contributed by atoms with Crippen molar-refractivity contribution in [1.82, 2.24) is 0 Å². The van der Waals surface area contributed by atoms with Gasteiger partial charge in [-0.1, -0.05) is 70.7 Å². The third kappa shape index (κ3) is 4.34. The third-order valence-corrected chi connectivity index (χ3v) is 6.08. The maximum absolute atomic E-state index is 14.7. The molecule has 0 N–H and O–H groups in total. The van der Waals surface area contributed by atoms with Crippen LogP contribution < -0.4 is 10.0 Å². The summed E-state index contributed by atoms with van der Waals surface area (Å²) in [5.41, 5.74) is -0.191. The van der Waals surface area contributed by atoms with Crippen LogP contribution in [-0.2, 0) is 0 Å². The number of hydrogen-bond donors (Lipinski definition) is 0. The van der Waals surface area contributed by atoms with Crippen molar-refractivity contribution in [2.24, 2.45) is 0 Å². The predicted octanol–water partition coefficient (Wildman–Crippen LogP) is 8.41. The minimum Gasteiger partial charge on any atom is -0.262 e. The molecule has 3 aromatic rings. The topological polar surface area (TPSA) is 30.3 Å². The molecule has 0 radical (unpaired) electrons. The van der Waals surface area contributed by atoms with E-state index in [1.807, 2.05) is 6.07 Å². The molecule has 0 aliphatic carbocycles. The van der Waals surface area contributed by atoms with Crippen LogP contribution in [0.1, 0.15) is 5.56 Å². The number of hydrazine groups is 1. The van der Waals surface area contributed by atoms with E-state index in [0.29, 0.717) is 5.69 Å². The average molecular weight is 529 g/mol. The van der Waals surface area contributed by atoms with Gasteiger partial charge in [0.1, 0.15) is 11.8 Å². The molecule has 0 saturated carbocycles. The largest absolute Gasteiger partial charge is 0.415 e. The van der Waals surface area contributed by atoms with Crippen LogP contribution in [0, 0.1) is 11.3 Å². The molecule has 0 fully saturated rings. The van der Waals surface area contributed by atoms with E-state index in [1.54, 1.807) is 30.3 Å². The summed E-state index contributed by atoms with van der Waals surface area (Å²) >= 11 is 24.6. The van der Waals surface area contributed by atoms with E-state index in [2.05, 4.69) is 0 Å². The van der Waals surface area contributed by atoms with E-state index >= 15 is 0 Å². The summed E-state index contributed by atoms with van der Waals surface area (Å²) in [7, 11) is 0. The Morgan fingerprint density at radius 3 is 1.97 bits per heavy atom. The van der Waals surface area contributed by atoms with Crippen molar-refractivity contribution < 1.29 is 13.2 Å². The van der Waals surface area contributed by atoms with Crippen LogP contribution in [-0.4, -0.2) is 12.2 Å². The predicted molar refractivity (Wildman–Crippen MR) is 127 cm³/mol. The molecule has 1 heterocycles. The van der Waals surface area contributed by atoms with Crippen molar-refractivity contribution in [1.29, 1.82) is 5.26 Å². The fraction of sp³-hybridized carbons (Fsp3) is 0.0870. The van der Waals surface area contributed by atoms with Gasteiger partial charge in [-0.15, -0.1) is 0 Å². The Morgan fingerprint density at radius 1 is 0.818 bits per heavy atom. The maximum Gasteiger partial charge on any atom is 0.415 e. The second-order valence-electron chi connectivity index (χ2n) is 7.03. The van der Waals surface area contributed by atoms with Crippen molar-refractivity contribution in [3.8, 4) is 6.07 Å². The molecule has 0 spiro atoms. The second kappa shape index (κ2) is 9.00. The number of para-hydroxylation sites is 1. The molecule has 168 valence electrons. The summed E-state index contributed by atoms with van der Waals surface area (Å²) in [5, 5.41) is 12.7. The Kier molecular flexibility index (Phi) is 6.43. The second-order valence-corrected chi connectivity index (χ2v) is 8.72. The van der Waals surface area contributed by atoms with Gasteiger partial charge in [-0.2, -0.15) is 18.4 Å². The Balaban J connectivity index is 2.08. The minimum absolute atomic E-state index is 0.0140. The Labute approximate surface area is 207 Å². The van der Waals surface area contributed by atoms with Crippen molar-refractivity contribution in [2.45, 2.75) is 12.2 Å². The van der Waals surface area contributed by atoms with E-state index in [9.17, 15) is 18.4 Å². The molecule has 10 heteroatoms. The quantitative estimate of drug-likeness (QED) is 0.342. The number of alkyl halides is 3. The van der Waals surface area contributed by atoms with E-state index in [1.165, 1.54) is 41.4 Å². The fourth-order valence-corrected chi connectivity index (χ4v) is 4.72. The van der Waals surface area contributed by atoms with Crippen molar-refractivity contribution in [3.05, 3.63) is 98.1 Å². The molecule has 0 amide bonds. The number of halogens is 7. The van der Waals surface area contributed by atoms with Gasteiger partial charge in [0.15, 0.2) is 6.04 Å². The molecule has 0 saturated heterocycles. The lowest BCUT2D eigenvalue weighted by atomic mass is 9.96. The molecule has 4 rings (SSSR count). The molecule has 1 unspecified atom stereocenters. The first-order valence-electron chi connectivity index (χ1n) is 9.39. The highest BCUT2D eigenvalue weighted by Crippen LogP contribution is 2.50. The molecule has 0 bridgehead atoms. The van der Waals surface area contributed by atoms with Gasteiger partial charge in [0.05, 0.1) is 16.4 Å². The third-order valence-electron chi connectivity index (χ3n) is 4.99. The van der Waals surface area contributed by atoms with Gasteiger partial charge in [0.2, 0.25) is 0 Å². The molecule has 3 nitrogen and oxygen atoms in total. The molecule has 1 aliphatic rings. The molecule has 1 aliphatic heterocycles. The molecular weight excluding hydrogens is 517 g/mol. The number of hydrogen-bond acceptors (Lipinski definition) is 3. The van der Waals surface area contributed by atoms with Gasteiger partial charge in [-0.25, -0.2) is 5.01 Å². The van der Waals surface area contributed by atoms with Crippen LogP contribution in [0.3, 0.4) is 0 Å². The molecular formula is C23H12Cl4F3N3. The number of allylic oxidation sites excluding steroid dienone is 1. The standard InChI is InChI=1S/C23H12Cl4F3N3/c24-13-6-8-16(17(26)10-13)21-20(12-31)32(15-4-2-1-3-5-15)33(22(21)23(28,29)30)19-9-7-14(25)11-18(19)27/h1-11,22H. The highest BCUT2D eigenvalue weighted by atomic mass is 35.5. The van der Waals surface area contributed by atoms with Crippen LogP contribution in [0.4, 0.5) is 24.5 Å². The van der Waals surface area contributed by atoms with Crippen LogP contribution in [0.2, 0.25) is 20.1 Å². The first-order chi connectivity index (χ1) is 15.6. The van der Waals surface area contributed by atoms with Crippen molar-refractivity contribution in [3.63, 3.8) is 0 Å². The first-order valence-corrected chi connectivity index (χ1v) is 10.9. The van der Waals surface area contributed by atoms with Gasteiger partial charge in [0, 0.05) is 26.2 Å². The zero-order valence-corrected chi connectivity index (χ0v) is 19.4. The number of nitrogens with zero attached hydrogens (tertiary/aromatic N) is 3. The lowest BCUT2D eigenvalue weighted by Crippen LogP contribution is -2.50. The Hall–Kier alpha value is -2.56. The summed E-state index contributed by atoms with van der Waals surface area (Å²) < 4.78 is 44.1. The first kappa shape index (κ1) is 23.6. The van der Waals surface area contributed by atoms with Crippen molar-refractivity contribution >= 4 is 63.4 Å². The minimum atomic E-state index is -4.81. The summed E-state index contributed by atoms with van der Waals surface area (Å²) in [6.45, 7) is 0. The summed E-state index contributed by atoms with van der Waals surface area (Å²) in [4.78, 5) is 0. The lowest BCUT2D eigenvalue weighted by Gasteiger charge is -2.37. The van der Waals surface area contributed by atoms with E-state index in [-0.39, 0.29) is 42.6 Å². The molecule has 1 atom stereocenters. The van der Waals surface area contributed by atoms with Gasteiger partial charge in [-0.3, -0.25) is 5.01 Å². The summed E-state index contributed by atoms with van der Waals surface area (Å²) in [5.74, 6) is 0. The lowest BCUT2D eigenvalue weighted by molar-refractivity contribution is -0.134. The van der Waals surface area contributed by atoms with Crippen LogP contribution >= 0.6 is 46.4 Å². The highest BCUT2D eigenvalue weighted by molar-refractivity contribution is 6.37. The highest BCUT2D eigenvalue weighted by Gasteiger charge is 2.55. The van der Waals surface area contributed by atoms with E-state index < -0.39 is 12.2 Å². The maximum atomic E-state index is 14.7. The molecule has 33 heavy (non-hydrogen) atoms. The SMILES string of the molecule is N#CC1=C(c2ccc(Cl)cc2Cl)C(C(F)(F)F)N(c2ccc(Cl)cc2Cl)N1c1ccccc1. The summed E-state index contributed by atoms with van der Waals surface area (Å²) in [6, 6.07) is 16.1. The normalized spacial score (nSPS) is 16.4. The number of nitriles is 1. The monoisotopic (exact) mass is 527 g/mol. The fourth-order valence-electron chi connectivity index (χ4n) is 3.72. The zero-order chi connectivity index (χ0) is 23.9.